The van der Waals surface area contributed by atoms with Crippen molar-refractivity contribution in [2.45, 2.75) is 57.5 Å². The van der Waals surface area contributed by atoms with Crippen molar-refractivity contribution in [3.8, 4) is 0 Å². The number of nitrogens with two attached hydrogens (primary N) is 1. The number of guanidine groups is 1. The van der Waals surface area contributed by atoms with E-state index in [1.807, 2.05) is 13.0 Å². The van der Waals surface area contributed by atoms with Crippen LogP contribution in [0, 0.1) is 12.8 Å². The molecule has 1 aromatic heterocycles. The lowest BCUT2D eigenvalue weighted by molar-refractivity contribution is -0.122. The number of nitrogens with one attached hydrogen (secondary N) is 2. The first-order valence-electron chi connectivity index (χ1n) is 11.8. The highest BCUT2D eigenvalue weighted by Crippen LogP contribution is 2.39. The van der Waals surface area contributed by atoms with Gasteiger partial charge < -0.3 is 21.1 Å². The average Bonchev–Trinajstić information content (AvgIpc) is 3.15. The van der Waals surface area contributed by atoms with Crippen LogP contribution in [0.4, 0.5) is 17.5 Å². The van der Waals surface area contributed by atoms with E-state index in [1.165, 1.54) is 0 Å². The van der Waals surface area contributed by atoms with Crippen LogP contribution in [0.3, 0.4) is 0 Å². The van der Waals surface area contributed by atoms with Crippen molar-refractivity contribution in [2.24, 2.45) is 21.6 Å². The maximum absolute atomic E-state index is 11.7. The molecule has 1 aliphatic carbocycles. The summed E-state index contributed by atoms with van der Waals surface area (Å²) in [6.07, 6.45) is 4.71. The van der Waals surface area contributed by atoms with Crippen molar-refractivity contribution < 1.29 is 9.53 Å². The second-order valence-corrected chi connectivity index (χ2v) is 9.82. The molecule has 1 saturated heterocycles. The number of aliphatic imine (C=N–C) groups is 2. The lowest BCUT2D eigenvalue weighted by Crippen LogP contribution is -2.29. The summed E-state index contributed by atoms with van der Waals surface area (Å²) in [6, 6.07) is 5.50. The molecule has 1 aliphatic heterocycles. The molecule has 9 nitrogen and oxygen atoms in total. The Morgan fingerprint density at radius 3 is 2.54 bits per heavy atom. The number of rotatable bonds is 6. The van der Waals surface area contributed by atoms with E-state index >= 15 is 0 Å². The van der Waals surface area contributed by atoms with Crippen LogP contribution in [0.15, 0.2) is 28.2 Å². The third-order valence-corrected chi connectivity index (χ3v) is 7.15. The number of anilines is 3. The molecule has 0 radical (unpaired) electrons. The predicted octanol–water partition coefficient (Wildman–Crippen LogP) is 5.11. The van der Waals surface area contributed by atoms with Gasteiger partial charge in [0.2, 0.25) is 17.8 Å². The third-order valence-electron chi connectivity index (χ3n) is 6.60. The predicted molar refractivity (Wildman–Crippen MR) is 141 cm³/mol. The van der Waals surface area contributed by atoms with Gasteiger partial charge in [0.1, 0.15) is 5.82 Å². The molecule has 11 heteroatoms. The molecule has 188 valence electrons. The van der Waals surface area contributed by atoms with Gasteiger partial charge in [-0.25, -0.2) is 15.0 Å². The number of imidazole rings is 1. The van der Waals surface area contributed by atoms with Crippen molar-refractivity contribution in [3.63, 3.8) is 0 Å². The molecular formula is C24H31Cl2N7O2. The van der Waals surface area contributed by atoms with E-state index < -0.39 is 0 Å². The summed E-state index contributed by atoms with van der Waals surface area (Å²) in [4.78, 5) is 25.4. The van der Waals surface area contributed by atoms with Gasteiger partial charge >= 0.3 is 0 Å². The monoisotopic (exact) mass is 519 g/mol. The Kier molecular flexibility index (Phi) is 8.30. The molecule has 4 rings (SSSR count). The zero-order valence-electron chi connectivity index (χ0n) is 19.8. The van der Waals surface area contributed by atoms with Crippen molar-refractivity contribution in [1.29, 1.82) is 0 Å². The summed E-state index contributed by atoms with van der Waals surface area (Å²) < 4.78 is 7.56. The minimum Gasteiger partial charge on any atom is -0.381 e. The van der Waals surface area contributed by atoms with Gasteiger partial charge in [-0.05, 0) is 70.4 Å². The van der Waals surface area contributed by atoms with Gasteiger partial charge in [-0.3, -0.25) is 9.36 Å². The normalized spacial score (nSPS) is 21.5. The maximum Gasteiger partial charge on any atom is 0.223 e. The van der Waals surface area contributed by atoms with Crippen LogP contribution in [-0.4, -0.2) is 47.4 Å². The maximum atomic E-state index is 11.7. The van der Waals surface area contributed by atoms with Crippen LogP contribution in [0.25, 0.3) is 0 Å². The van der Waals surface area contributed by atoms with Crippen LogP contribution >= 0.6 is 23.2 Å². The van der Waals surface area contributed by atoms with Crippen LogP contribution in [0.2, 0.25) is 10.0 Å². The fraction of sp³-hybridized carbons (Fsp3) is 0.500. The molecule has 2 fully saturated rings. The van der Waals surface area contributed by atoms with Crippen molar-refractivity contribution >= 4 is 59.2 Å². The number of ether oxygens (including phenoxy) is 1. The summed E-state index contributed by atoms with van der Waals surface area (Å²) in [5.74, 6) is 1.51. The summed E-state index contributed by atoms with van der Waals surface area (Å²) in [5, 5.41) is 7.77. The molecule has 0 atom stereocenters. The number of aryl methyl sites for hydroxylation is 1. The Morgan fingerprint density at radius 1 is 1.20 bits per heavy atom. The molecule has 4 N–H and O–H groups in total. The van der Waals surface area contributed by atoms with Gasteiger partial charge in [0.15, 0.2) is 0 Å². The number of halogens is 2. The number of hydrogen-bond acceptors (Lipinski definition) is 5. The van der Waals surface area contributed by atoms with Gasteiger partial charge in [-0.2, -0.15) is 0 Å². The van der Waals surface area contributed by atoms with Crippen LogP contribution in [-0.2, 0) is 9.53 Å². The zero-order valence-corrected chi connectivity index (χ0v) is 21.3. The van der Waals surface area contributed by atoms with Gasteiger partial charge in [-0.1, -0.05) is 23.2 Å². The molecule has 2 aliphatic rings. The van der Waals surface area contributed by atoms with Gasteiger partial charge in [0.25, 0.3) is 0 Å². The van der Waals surface area contributed by atoms with E-state index in [4.69, 9.17) is 43.6 Å². The quantitative estimate of drug-likeness (QED) is 0.362. The first-order chi connectivity index (χ1) is 16.9. The fourth-order valence-corrected chi connectivity index (χ4v) is 5.13. The minimum atomic E-state index is -0.239. The smallest absolute Gasteiger partial charge is 0.223 e. The van der Waals surface area contributed by atoms with Crippen LogP contribution in [0.1, 0.15) is 50.3 Å². The lowest BCUT2D eigenvalue weighted by Gasteiger charge is -2.30. The third kappa shape index (κ3) is 6.15. The van der Waals surface area contributed by atoms with Crippen molar-refractivity contribution in [1.82, 2.24) is 9.55 Å². The van der Waals surface area contributed by atoms with E-state index in [9.17, 15) is 4.79 Å². The Morgan fingerprint density at radius 2 is 1.91 bits per heavy atom. The molecule has 0 bridgehead atoms. The fourth-order valence-electron chi connectivity index (χ4n) is 4.68. The largest absolute Gasteiger partial charge is 0.381 e. The van der Waals surface area contributed by atoms with E-state index in [2.05, 4.69) is 26.9 Å². The molecule has 2 heterocycles. The molecule has 1 amide bonds. The first-order valence-corrected chi connectivity index (χ1v) is 12.6. The highest BCUT2D eigenvalue weighted by Gasteiger charge is 2.30. The molecule has 1 aromatic carbocycles. The number of amides is 1. The van der Waals surface area contributed by atoms with E-state index in [-0.39, 0.29) is 23.9 Å². The summed E-state index contributed by atoms with van der Waals surface area (Å²) in [7, 11) is 0. The number of carbonyl (C=O) groups is 1. The summed E-state index contributed by atoms with van der Waals surface area (Å²) in [5.41, 5.74) is 7.03. The minimum absolute atomic E-state index is 0.0945. The summed E-state index contributed by atoms with van der Waals surface area (Å²) >= 11 is 12.5. The molecule has 1 saturated carbocycles. The molecule has 0 spiro atoms. The highest BCUT2D eigenvalue weighted by molar-refractivity contribution is 6.36. The topological polar surface area (TPSA) is 119 Å². The number of aromatic nitrogens is 2. The zero-order chi connectivity index (χ0) is 24.9. The SMILES string of the molecule is C=NC(=NC1CCOCC1)Nc1c(C)nc(Nc2ccc(Cl)cc2Cl)n1C1CCC(C(N)=O)CC1. The highest BCUT2D eigenvalue weighted by atomic mass is 35.5. The standard InChI is InChI=1S/C24H31Cl2N7O2/c1-14-22(32-23(28-2)30-17-9-11-35-12-10-17)33(18-6-3-15(4-7-18)21(27)34)24(29-14)31-20-8-5-16(25)13-19(20)26/h5,8,13,15,17-18H,2-4,6-7,9-12H2,1H3,(H2,27,34)(H,29,31)(H,30,32). The molecular weight excluding hydrogens is 489 g/mol. The number of primary amides is 1. The second kappa shape index (κ2) is 11.4. The van der Waals surface area contributed by atoms with E-state index in [0.29, 0.717) is 40.9 Å². The van der Waals surface area contributed by atoms with Crippen LogP contribution in [0.5, 0.6) is 0 Å². The number of nitrogens with zero attached hydrogens (tertiary/aromatic N) is 4. The number of hydrogen-bond donors (Lipinski definition) is 3. The number of benzene rings is 1. The van der Waals surface area contributed by atoms with Gasteiger partial charge in [0, 0.05) is 30.2 Å². The lowest BCUT2D eigenvalue weighted by atomic mass is 9.85. The summed E-state index contributed by atoms with van der Waals surface area (Å²) in [6.45, 7) is 7.02. The van der Waals surface area contributed by atoms with Gasteiger partial charge in [0.05, 0.1) is 22.4 Å². The second-order valence-electron chi connectivity index (χ2n) is 8.98. The number of carbonyl (C=O) groups excluding carboxylic acids is 1. The molecule has 2 aromatic rings. The molecule has 0 unspecified atom stereocenters. The van der Waals surface area contributed by atoms with E-state index in [1.54, 1.807) is 12.1 Å². The average molecular weight is 520 g/mol. The molecule has 35 heavy (non-hydrogen) atoms. The van der Waals surface area contributed by atoms with Crippen molar-refractivity contribution in [2.75, 3.05) is 23.8 Å². The Bertz CT molecular complexity index is 1100. The Balaban J connectivity index is 1.67. The van der Waals surface area contributed by atoms with Gasteiger partial charge in [-0.15, -0.1) is 0 Å². The first kappa shape index (κ1) is 25.5. The Hall–Kier alpha value is -2.62. The van der Waals surface area contributed by atoms with Crippen molar-refractivity contribution in [3.05, 3.63) is 33.9 Å². The van der Waals surface area contributed by atoms with Crippen LogP contribution < -0.4 is 16.4 Å². The van der Waals surface area contributed by atoms with E-state index in [0.717, 1.165) is 50.0 Å². The Labute approximate surface area is 215 Å².